The maximum atomic E-state index is 12.5. The molecule has 0 aliphatic rings. The fraction of sp³-hybridized carbons (Fsp3) is 0.0435. The van der Waals surface area contributed by atoms with E-state index in [1.807, 2.05) is 0 Å². The van der Waals surface area contributed by atoms with Crippen LogP contribution in [0.5, 0.6) is 5.75 Å². The largest absolute Gasteiger partial charge is 0.497 e. The van der Waals surface area contributed by atoms with Gasteiger partial charge in [-0.05, 0) is 60.7 Å². The van der Waals surface area contributed by atoms with Crippen molar-refractivity contribution in [2.45, 2.75) is 0 Å². The van der Waals surface area contributed by atoms with E-state index in [9.17, 15) is 19.7 Å². The van der Waals surface area contributed by atoms with Crippen LogP contribution in [0.25, 0.3) is 11.5 Å². The van der Waals surface area contributed by atoms with E-state index in [0.717, 1.165) is 0 Å². The maximum Gasteiger partial charge on any atom is 0.322 e. The first-order valence-corrected chi connectivity index (χ1v) is 9.88. The molecule has 0 radical (unpaired) electrons. The van der Waals surface area contributed by atoms with Crippen LogP contribution in [0.4, 0.5) is 17.4 Å². The molecule has 1 heterocycles. The highest BCUT2D eigenvalue weighted by Gasteiger charge is 2.14. The van der Waals surface area contributed by atoms with Crippen molar-refractivity contribution in [3.8, 4) is 17.2 Å². The number of non-ortho nitro benzene ring substituents is 1. The number of rotatable bonds is 7. The number of nitrogens with one attached hydrogen (secondary N) is 2. The first kappa shape index (κ1) is 22.1. The zero-order valence-electron chi connectivity index (χ0n) is 17.7. The summed E-state index contributed by atoms with van der Waals surface area (Å²) >= 11 is 0. The van der Waals surface area contributed by atoms with Crippen LogP contribution in [0.3, 0.4) is 0 Å². The van der Waals surface area contributed by atoms with Crippen molar-refractivity contribution < 1.29 is 23.7 Å². The molecular formula is C23H17N5O6. The topological polar surface area (TPSA) is 149 Å². The van der Waals surface area contributed by atoms with E-state index in [1.54, 1.807) is 43.5 Å². The molecular weight excluding hydrogens is 442 g/mol. The normalized spacial score (nSPS) is 10.4. The van der Waals surface area contributed by atoms with E-state index in [4.69, 9.17) is 9.15 Å². The number of anilines is 2. The highest BCUT2D eigenvalue weighted by molar-refractivity contribution is 6.05. The lowest BCUT2D eigenvalue weighted by Gasteiger charge is -2.07. The minimum absolute atomic E-state index is 0.0690. The van der Waals surface area contributed by atoms with Gasteiger partial charge in [0.25, 0.3) is 17.5 Å². The molecule has 0 unspecified atom stereocenters. The molecule has 0 aliphatic heterocycles. The molecule has 3 aromatic carbocycles. The summed E-state index contributed by atoms with van der Waals surface area (Å²) in [5.74, 6) is -0.0498. The Morgan fingerprint density at radius 2 is 1.44 bits per heavy atom. The van der Waals surface area contributed by atoms with Gasteiger partial charge in [0.2, 0.25) is 5.89 Å². The molecule has 0 fully saturated rings. The van der Waals surface area contributed by atoms with Crippen molar-refractivity contribution in [2.24, 2.45) is 0 Å². The number of ether oxygens (including phenoxy) is 1. The molecule has 0 atom stereocenters. The number of aromatic nitrogens is 2. The highest BCUT2D eigenvalue weighted by atomic mass is 16.6. The SMILES string of the molecule is COc1ccc(C(=O)Nc2ccc(C(=O)Nc3nnc(-c4ccc([N+](=O)[O-])cc4)o3)cc2)cc1. The smallest absolute Gasteiger partial charge is 0.322 e. The number of hydrogen-bond donors (Lipinski definition) is 2. The van der Waals surface area contributed by atoms with Crippen molar-refractivity contribution in [2.75, 3.05) is 17.7 Å². The molecule has 34 heavy (non-hydrogen) atoms. The molecule has 2 amide bonds. The molecule has 0 saturated carbocycles. The Hall–Kier alpha value is -5.06. The molecule has 170 valence electrons. The zero-order chi connectivity index (χ0) is 24.1. The predicted octanol–water partition coefficient (Wildman–Crippen LogP) is 4.16. The van der Waals surface area contributed by atoms with Crippen molar-refractivity contribution >= 4 is 29.2 Å². The van der Waals surface area contributed by atoms with Gasteiger partial charge in [-0.15, -0.1) is 5.10 Å². The van der Waals surface area contributed by atoms with Gasteiger partial charge in [0.05, 0.1) is 12.0 Å². The van der Waals surface area contributed by atoms with Crippen LogP contribution in [0.2, 0.25) is 0 Å². The summed E-state index contributed by atoms with van der Waals surface area (Å²) in [6.45, 7) is 0. The number of nitro benzene ring substituents is 1. The summed E-state index contributed by atoms with van der Waals surface area (Å²) in [6.07, 6.45) is 0. The third-order valence-corrected chi connectivity index (χ3v) is 4.73. The number of amides is 2. The number of carbonyl (C=O) groups excluding carboxylic acids is 2. The highest BCUT2D eigenvalue weighted by Crippen LogP contribution is 2.23. The molecule has 0 bridgehead atoms. The van der Waals surface area contributed by atoms with Crippen LogP contribution < -0.4 is 15.4 Å². The van der Waals surface area contributed by atoms with E-state index in [1.165, 1.54) is 36.4 Å². The van der Waals surface area contributed by atoms with Gasteiger partial charge in [0.1, 0.15) is 5.75 Å². The first-order valence-electron chi connectivity index (χ1n) is 9.88. The lowest BCUT2D eigenvalue weighted by atomic mass is 10.1. The van der Waals surface area contributed by atoms with E-state index in [0.29, 0.717) is 28.1 Å². The molecule has 11 nitrogen and oxygen atoms in total. The van der Waals surface area contributed by atoms with Crippen LogP contribution in [-0.4, -0.2) is 34.0 Å². The third-order valence-electron chi connectivity index (χ3n) is 4.73. The average Bonchev–Trinajstić information content (AvgIpc) is 3.33. The van der Waals surface area contributed by atoms with Gasteiger partial charge in [-0.2, -0.15) is 0 Å². The Labute approximate surface area is 192 Å². The van der Waals surface area contributed by atoms with Crippen LogP contribution >= 0.6 is 0 Å². The monoisotopic (exact) mass is 459 g/mol. The van der Waals surface area contributed by atoms with E-state index in [2.05, 4.69) is 20.8 Å². The molecule has 4 aromatic rings. The van der Waals surface area contributed by atoms with E-state index in [-0.39, 0.29) is 23.5 Å². The summed E-state index contributed by atoms with van der Waals surface area (Å²) in [7, 11) is 1.54. The molecule has 11 heteroatoms. The quantitative estimate of drug-likeness (QED) is 0.309. The van der Waals surface area contributed by atoms with Crippen molar-refractivity contribution in [1.29, 1.82) is 0 Å². The first-order chi connectivity index (χ1) is 16.4. The van der Waals surface area contributed by atoms with Crippen molar-refractivity contribution in [1.82, 2.24) is 10.2 Å². The Balaban J connectivity index is 1.37. The molecule has 0 spiro atoms. The second-order valence-corrected chi connectivity index (χ2v) is 6.93. The predicted molar refractivity (Wildman–Crippen MR) is 122 cm³/mol. The minimum Gasteiger partial charge on any atom is -0.497 e. The Morgan fingerprint density at radius 1 is 0.853 bits per heavy atom. The maximum absolute atomic E-state index is 12.5. The second-order valence-electron chi connectivity index (χ2n) is 6.93. The minimum atomic E-state index is -0.515. The van der Waals surface area contributed by atoms with Gasteiger partial charge < -0.3 is 14.5 Å². The van der Waals surface area contributed by atoms with Crippen LogP contribution in [0.1, 0.15) is 20.7 Å². The average molecular weight is 459 g/mol. The molecule has 2 N–H and O–H groups in total. The van der Waals surface area contributed by atoms with Gasteiger partial charge in [-0.1, -0.05) is 5.10 Å². The van der Waals surface area contributed by atoms with Gasteiger partial charge >= 0.3 is 6.01 Å². The summed E-state index contributed by atoms with van der Waals surface area (Å²) in [4.78, 5) is 35.1. The number of hydrogen-bond acceptors (Lipinski definition) is 8. The summed E-state index contributed by atoms with van der Waals surface area (Å²) in [5, 5.41) is 23.6. The Morgan fingerprint density at radius 3 is 2.03 bits per heavy atom. The lowest BCUT2D eigenvalue weighted by molar-refractivity contribution is -0.384. The second kappa shape index (κ2) is 9.61. The third kappa shape index (κ3) is 5.05. The summed E-state index contributed by atoms with van der Waals surface area (Å²) in [5.41, 5.74) is 1.67. The van der Waals surface area contributed by atoms with Gasteiger partial charge in [0.15, 0.2) is 0 Å². The van der Waals surface area contributed by atoms with E-state index < -0.39 is 10.8 Å². The lowest BCUT2D eigenvalue weighted by Crippen LogP contribution is -2.14. The number of methoxy groups -OCH3 is 1. The Bertz CT molecular complexity index is 1330. The zero-order valence-corrected chi connectivity index (χ0v) is 17.7. The fourth-order valence-electron chi connectivity index (χ4n) is 2.94. The Kier molecular flexibility index (Phi) is 6.26. The van der Waals surface area contributed by atoms with Crippen molar-refractivity contribution in [3.63, 3.8) is 0 Å². The van der Waals surface area contributed by atoms with Crippen molar-refractivity contribution in [3.05, 3.63) is 94.0 Å². The molecule has 4 rings (SSSR count). The summed E-state index contributed by atoms with van der Waals surface area (Å²) < 4.78 is 10.5. The standard InChI is InChI=1S/C23H17N5O6/c1-33-19-12-6-15(7-13-19)20(29)24-17-8-2-14(3-9-17)21(30)25-23-27-26-22(34-23)16-4-10-18(11-5-16)28(31)32/h2-13H,1H3,(H,24,29)(H,25,27,30). The number of benzene rings is 3. The fourth-order valence-corrected chi connectivity index (χ4v) is 2.94. The molecule has 0 saturated heterocycles. The van der Waals surface area contributed by atoms with Crippen LogP contribution in [-0.2, 0) is 0 Å². The van der Waals surface area contributed by atoms with Crippen LogP contribution in [0.15, 0.2) is 77.2 Å². The van der Waals surface area contributed by atoms with Gasteiger partial charge in [0, 0.05) is 34.5 Å². The number of carbonyl (C=O) groups is 2. The van der Waals surface area contributed by atoms with E-state index >= 15 is 0 Å². The summed E-state index contributed by atoms with van der Waals surface area (Å²) in [6, 6.07) is 18.3. The number of nitro groups is 1. The van der Waals surface area contributed by atoms with Gasteiger partial charge in [-0.25, -0.2) is 0 Å². The number of nitrogens with zero attached hydrogens (tertiary/aromatic N) is 3. The molecule has 0 aliphatic carbocycles. The van der Waals surface area contributed by atoms with Crippen LogP contribution in [0, 0.1) is 10.1 Å². The molecule has 1 aromatic heterocycles. The van der Waals surface area contributed by atoms with Gasteiger partial charge in [-0.3, -0.25) is 25.0 Å².